The second kappa shape index (κ2) is 8.56. The van der Waals surface area contributed by atoms with Crippen molar-refractivity contribution in [3.05, 3.63) is 24.3 Å². The van der Waals surface area contributed by atoms with Gasteiger partial charge in [-0.3, -0.25) is 0 Å². The van der Waals surface area contributed by atoms with Crippen LogP contribution in [0.2, 0.25) is 0 Å². The van der Waals surface area contributed by atoms with E-state index in [1.165, 1.54) is 44.9 Å². The number of nitriles is 1. The summed E-state index contributed by atoms with van der Waals surface area (Å²) in [5, 5.41) is 12.2. The van der Waals surface area contributed by atoms with Crippen LogP contribution in [0.25, 0.3) is 0 Å². The molecule has 1 aromatic rings. The van der Waals surface area contributed by atoms with Gasteiger partial charge in [0.1, 0.15) is 11.8 Å². The van der Waals surface area contributed by atoms with Crippen molar-refractivity contribution >= 4 is 5.69 Å². The number of nitrogens with zero attached hydrogens (tertiary/aromatic N) is 1. The average Bonchev–Trinajstić information content (AvgIpc) is 2.72. The van der Waals surface area contributed by atoms with E-state index in [2.05, 4.69) is 18.3 Å². The van der Waals surface area contributed by atoms with Gasteiger partial charge in [-0.1, -0.05) is 38.7 Å². The Morgan fingerprint density at radius 3 is 3.00 bits per heavy atom. The fourth-order valence-corrected chi connectivity index (χ4v) is 3.25. The van der Waals surface area contributed by atoms with Crippen molar-refractivity contribution in [2.24, 2.45) is 5.92 Å². The lowest BCUT2D eigenvalue weighted by Crippen LogP contribution is -2.18. The summed E-state index contributed by atoms with van der Waals surface area (Å²) in [6.07, 6.45) is 9.25. The molecule has 1 aliphatic rings. The number of anilines is 1. The lowest BCUT2D eigenvalue weighted by molar-refractivity contribution is 0.368. The predicted molar refractivity (Wildman–Crippen MR) is 86.4 cm³/mol. The molecule has 2 unspecified atom stereocenters. The molecule has 1 aromatic carbocycles. The van der Waals surface area contributed by atoms with Crippen molar-refractivity contribution in [2.45, 2.75) is 57.9 Å². The van der Waals surface area contributed by atoms with Crippen LogP contribution < -0.4 is 10.1 Å². The van der Waals surface area contributed by atoms with Crippen molar-refractivity contribution < 1.29 is 4.74 Å². The maximum Gasteiger partial charge on any atom is 0.174 e. The summed E-state index contributed by atoms with van der Waals surface area (Å²) >= 11 is 0. The summed E-state index contributed by atoms with van der Waals surface area (Å²) in [5.74, 6) is 1.69. The highest BCUT2D eigenvalue weighted by molar-refractivity contribution is 5.48. The number of benzene rings is 1. The van der Waals surface area contributed by atoms with E-state index < -0.39 is 0 Å². The molecule has 1 aliphatic carbocycles. The van der Waals surface area contributed by atoms with Gasteiger partial charge in [0.2, 0.25) is 0 Å². The Morgan fingerprint density at radius 2 is 2.19 bits per heavy atom. The summed E-state index contributed by atoms with van der Waals surface area (Å²) in [7, 11) is 0. The van der Waals surface area contributed by atoms with Crippen molar-refractivity contribution in [2.75, 3.05) is 11.9 Å². The molecule has 0 aromatic heterocycles. The molecule has 21 heavy (non-hydrogen) atoms. The number of nitrogens with one attached hydrogen (secondary N) is 1. The van der Waals surface area contributed by atoms with Crippen molar-refractivity contribution in [1.82, 2.24) is 0 Å². The molecular formula is C18H26N2O. The molecule has 2 atom stereocenters. The normalized spacial score (nSPS) is 22.1. The van der Waals surface area contributed by atoms with Crippen molar-refractivity contribution in [1.29, 1.82) is 5.26 Å². The Hall–Kier alpha value is -1.69. The lowest BCUT2D eigenvalue weighted by atomic mass is 9.95. The Balaban J connectivity index is 1.88. The van der Waals surface area contributed by atoms with Gasteiger partial charge >= 0.3 is 0 Å². The first-order chi connectivity index (χ1) is 10.3. The first-order valence-corrected chi connectivity index (χ1v) is 8.18. The predicted octanol–water partition coefficient (Wildman–Crippen LogP) is 4.75. The molecule has 3 nitrogen and oxygen atoms in total. The van der Waals surface area contributed by atoms with E-state index in [9.17, 15) is 0 Å². The molecule has 0 spiro atoms. The van der Waals surface area contributed by atoms with Gasteiger partial charge in [-0.2, -0.15) is 5.26 Å². The van der Waals surface area contributed by atoms with Crippen LogP contribution in [-0.2, 0) is 0 Å². The monoisotopic (exact) mass is 286 g/mol. The number of rotatable bonds is 6. The molecule has 1 fully saturated rings. The van der Waals surface area contributed by atoms with Crippen LogP contribution in [0.1, 0.15) is 51.9 Å². The van der Waals surface area contributed by atoms with Gasteiger partial charge in [0, 0.05) is 17.8 Å². The molecule has 3 heteroatoms. The molecule has 0 aliphatic heterocycles. The molecule has 0 bridgehead atoms. The first-order valence-electron chi connectivity index (χ1n) is 8.18. The van der Waals surface area contributed by atoms with E-state index >= 15 is 0 Å². The van der Waals surface area contributed by atoms with Gasteiger partial charge in [-0.15, -0.1) is 0 Å². The second-order valence-corrected chi connectivity index (χ2v) is 5.98. The van der Waals surface area contributed by atoms with E-state index in [1.54, 1.807) is 0 Å². The van der Waals surface area contributed by atoms with Crippen LogP contribution in [0.5, 0.6) is 5.75 Å². The smallest absolute Gasteiger partial charge is 0.174 e. The summed E-state index contributed by atoms with van der Waals surface area (Å²) in [5.41, 5.74) is 1.10. The summed E-state index contributed by atoms with van der Waals surface area (Å²) in [4.78, 5) is 0. The topological polar surface area (TPSA) is 45.0 Å². The zero-order chi connectivity index (χ0) is 14.9. The molecule has 2 rings (SSSR count). The highest BCUT2D eigenvalue weighted by Gasteiger charge is 2.18. The Labute approximate surface area is 128 Å². The van der Waals surface area contributed by atoms with E-state index in [0.29, 0.717) is 6.04 Å². The number of hydrogen-bond acceptors (Lipinski definition) is 3. The Kier molecular flexibility index (Phi) is 6.40. The minimum Gasteiger partial charge on any atom is -0.479 e. The minimum absolute atomic E-state index is 0.103. The Bertz CT molecular complexity index is 467. The van der Waals surface area contributed by atoms with Gasteiger partial charge in [-0.05, 0) is 37.3 Å². The molecule has 0 radical (unpaired) electrons. The fourth-order valence-electron chi connectivity index (χ4n) is 3.25. The van der Waals surface area contributed by atoms with E-state index in [1.807, 2.05) is 24.3 Å². The van der Waals surface area contributed by atoms with Crippen LogP contribution in [0.4, 0.5) is 5.69 Å². The highest BCUT2D eigenvalue weighted by Crippen LogP contribution is 2.29. The fraction of sp³-hybridized carbons (Fsp3) is 0.611. The van der Waals surface area contributed by atoms with E-state index in [4.69, 9.17) is 10.00 Å². The third-order valence-electron chi connectivity index (χ3n) is 4.29. The molecule has 1 N–H and O–H groups in total. The maximum atomic E-state index is 8.57. The van der Waals surface area contributed by atoms with Crippen LogP contribution >= 0.6 is 0 Å². The average molecular weight is 286 g/mol. The van der Waals surface area contributed by atoms with Crippen LogP contribution in [0.3, 0.4) is 0 Å². The lowest BCUT2D eigenvalue weighted by Gasteiger charge is -2.18. The molecule has 0 amide bonds. The van der Waals surface area contributed by atoms with Gasteiger partial charge in [0.05, 0.1) is 0 Å². The molecule has 114 valence electrons. The van der Waals surface area contributed by atoms with Crippen LogP contribution in [0.15, 0.2) is 24.3 Å². The van der Waals surface area contributed by atoms with E-state index in [-0.39, 0.29) is 6.61 Å². The summed E-state index contributed by atoms with van der Waals surface area (Å²) < 4.78 is 5.36. The zero-order valence-corrected chi connectivity index (χ0v) is 13.0. The van der Waals surface area contributed by atoms with Gasteiger partial charge in [-0.25, -0.2) is 0 Å². The van der Waals surface area contributed by atoms with Gasteiger partial charge in [0.25, 0.3) is 0 Å². The second-order valence-electron chi connectivity index (χ2n) is 5.98. The molecule has 0 saturated heterocycles. The van der Waals surface area contributed by atoms with Gasteiger partial charge < -0.3 is 10.1 Å². The van der Waals surface area contributed by atoms with Gasteiger partial charge in [0.15, 0.2) is 6.61 Å². The summed E-state index contributed by atoms with van der Waals surface area (Å²) in [6.45, 7) is 2.39. The molecule has 1 saturated carbocycles. The first kappa shape index (κ1) is 15.7. The quantitative estimate of drug-likeness (QED) is 0.767. The van der Waals surface area contributed by atoms with Crippen molar-refractivity contribution in [3.63, 3.8) is 0 Å². The number of ether oxygens (including phenoxy) is 1. The Morgan fingerprint density at radius 1 is 1.29 bits per heavy atom. The third kappa shape index (κ3) is 5.30. The number of hydrogen-bond donors (Lipinski definition) is 1. The third-order valence-corrected chi connectivity index (χ3v) is 4.29. The molecular weight excluding hydrogens is 260 g/mol. The SMILES string of the molecule is CCCC1CCCC(Nc2cccc(OCC#N)c2)CC1. The zero-order valence-electron chi connectivity index (χ0n) is 13.0. The largest absolute Gasteiger partial charge is 0.479 e. The van der Waals surface area contributed by atoms with Crippen molar-refractivity contribution in [3.8, 4) is 11.8 Å². The maximum absolute atomic E-state index is 8.57. The summed E-state index contributed by atoms with van der Waals surface area (Å²) in [6, 6.07) is 10.5. The van der Waals surface area contributed by atoms with E-state index in [0.717, 1.165) is 17.4 Å². The van der Waals surface area contributed by atoms with Crippen LogP contribution in [0, 0.1) is 17.2 Å². The minimum atomic E-state index is 0.103. The highest BCUT2D eigenvalue weighted by atomic mass is 16.5. The van der Waals surface area contributed by atoms with Crippen LogP contribution in [-0.4, -0.2) is 12.6 Å². The standard InChI is InChI=1S/C18H26N2O/c1-2-5-15-6-3-7-16(11-10-15)20-17-8-4-9-18(14-17)21-13-12-19/h4,8-9,14-16,20H,2-3,5-7,10-11,13H2,1H3. The molecule has 0 heterocycles.